The molecule has 0 aromatic rings. The van der Waals surface area contributed by atoms with Gasteiger partial charge in [0.2, 0.25) is 0 Å². The normalized spacial score (nSPS) is 14.0. The van der Waals surface area contributed by atoms with E-state index in [1.807, 2.05) is 45.7 Å². The van der Waals surface area contributed by atoms with Gasteiger partial charge >= 0.3 is 0 Å². The third-order valence-corrected chi connectivity index (χ3v) is 5.86. The van der Waals surface area contributed by atoms with Crippen LogP contribution < -0.4 is 15.7 Å². The molecule has 0 saturated carbocycles. The maximum absolute atomic E-state index is 5.63. The minimum Gasteiger partial charge on any atom is -0.259 e. The summed E-state index contributed by atoms with van der Waals surface area (Å²) in [5.41, 5.74) is 0. The topological polar surface area (TPSA) is 62.1 Å². The van der Waals surface area contributed by atoms with Crippen LogP contribution in [-0.2, 0) is 0 Å². The first-order valence-electron chi connectivity index (χ1n) is 1.73. The minimum atomic E-state index is -1.43. The molecule has 0 aromatic heterocycles. The van der Waals surface area contributed by atoms with Crippen LogP contribution in [0.1, 0.15) is 0 Å². The molecule has 0 spiro atoms. The maximum atomic E-state index is 5.63. The number of hydrogen-bond acceptors (Lipinski definition) is 4. The van der Waals surface area contributed by atoms with Gasteiger partial charge in [-0.3, -0.25) is 5.14 Å². The first-order chi connectivity index (χ1) is 3.68. The van der Waals surface area contributed by atoms with Crippen LogP contribution in [0.3, 0.4) is 0 Å². The van der Waals surface area contributed by atoms with E-state index in [9.17, 15) is 0 Å². The molecule has 0 aliphatic carbocycles. The fourth-order valence-corrected chi connectivity index (χ4v) is 3.52. The molecule has 0 heterocycles. The summed E-state index contributed by atoms with van der Waals surface area (Å²) < 4.78 is 8.66. The van der Waals surface area contributed by atoms with E-state index in [1.54, 1.807) is 7.05 Å². The van der Waals surface area contributed by atoms with Crippen molar-refractivity contribution in [2.24, 2.45) is 5.14 Å². The van der Waals surface area contributed by atoms with Gasteiger partial charge in [0.05, 0.1) is 0 Å². The maximum Gasteiger partial charge on any atom is 0.0304 e. The van der Waals surface area contributed by atoms with Gasteiger partial charge < -0.3 is 0 Å². The summed E-state index contributed by atoms with van der Waals surface area (Å²) in [6.45, 7) is 0. The van der Waals surface area contributed by atoms with Gasteiger partial charge in [0.1, 0.15) is 0 Å². The predicted molar refractivity (Wildman–Crippen MR) is 55.1 cm³/mol. The molecular weight excluding hydrogens is 354 g/mol. The monoisotopic (exact) mass is 362 g/mol. The van der Waals surface area contributed by atoms with E-state index in [0.29, 0.717) is 0 Å². The van der Waals surface area contributed by atoms with Gasteiger partial charge in [-0.15, -0.1) is 0 Å². The summed E-state index contributed by atoms with van der Waals surface area (Å²) in [4.78, 5) is 0. The van der Waals surface area contributed by atoms with Crippen molar-refractivity contribution in [1.82, 2.24) is 10.6 Å². The van der Waals surface area contributed by atoms with E-state index in [1.165, 1.54) is 0 Å². The summed E-state index contributed by atoms with van der Waals surface area (Å²) in [7, 11) is 0.369. The Morgan fingerprint density at radius 1 is 1.38 bits per heavy atom. The van der Waals surface area contributed by atoms with E-state index < -0.39 is 10.8 Å². The van der Waals surface area contributed by atoms with E-state index in [4.69, 9.17) is 5.14 Å². The number of nitrogens with one attached hydrogen (secondary N) is 3. The molecule has 0 aromatic carbocycles. The molecule has 5 N–H and O–H groups in total. The highest BCUT2D eigenvalue weighted by Crippen LogP contribution is 2.25. The number of halogens is 2. The lowest BCUT2D eigenvalue weighted by atomic mass is 11.6. The molecule has 7 heteroatoms. The molecule has 0 fully saturated rings. The van der Waals surface area contributed by atoms with Crippen molar-refractivity contribution in [3.63, 3.8) is 0 Å². The zero-order valence-electron chi connectivity index (χ0n) is 4.24. The molecule has 0 unspecified atom stereocenters. The van der Waals surface area contributed by atoms with Crippen LogP contribution in [-0.4, -0.2) is 7.05 Å². The van der Waals surface area contributed by atoms with Crippen LogP contribution in [0.15, 0.2) is 0 Å². The Hall–Kier alpha value is 1.65. The molecule has 0 saturated heterocycles. The zero-order chi connectivity index (χ0) is 6.62. The third kappa shape index (κ3) is 2.98. The molecule has 0 bridgehead atoms. The Bertz CT molecular complexity index is 56.8. The first-order valence-corrected chi connectivity index (χ1v) is 5.58. The van der Waals surface area contributed by atoms with E-state index >= 15 is 0 Å². The number of hydrogen-bond donors (Lipinski definition) is 4. The summed E-state index contributed by atoms with van der Waals surface area (Å²) in [5.74, 6) is 0. The molecule has 4 nitrogen and oxygen atoms in total. The molecule has 0 radical (unpaired) electrons. The van der Waals surface area contributed by atoms with Crippen LogP contribution in [0.2, 0.25) is 0 Å². The van der Waals surface area contributed by atoms with Gasteiger partial charge in [0, 0.05) is 45.7 Å². The van der Waals surface area contributed by atoms with Crippen LogP contribution in [0.25, 0.3) is 0 Å². The second-order valence-electron chi connectivity index (χ2n) is 1.02. The van der Waals surface area contributed by atoms with Gasteiger partial charge in [0.15, 0.2) is 0 Å². The molecular formula is CH8I2N4S. The fraction of sp³-hybridized carbons (Fsp3) is 1.00. The molecule has 8 heavy (non-hydrogen) atoms. The molecule has 0 aliphatic heterocycles. The number of rotatable bonds is 3. The van der Waals surface area contributed by atoms with Gasteiger partial charge in [-0.2, -0.15) is 5.87 Å². The van der Waals surface area contributed by atoms with Crippen molar-refractivity contribution in [1.29, 1.82) is 0 Å². The van der Waals surface area contributed by atoms with Crippen molar-refractivity contribution in [3.05, 3.63) is 0 Å². The van der Waals surface area contributed by atoms with E-state index in [-0.39, 0.29) is 0 Å². The Balaban J connectivity index is 3.58. The Morgan fingerprint density at radius 2 is 1.75 bits per heavy atom. The predicted octanol–water partition coefficient (Wildman–Crippen LogP) is 0.508. The smallest absolute Gasteiger partial charge is 0.0304 e. The van der Waals surface area contributed by atoms with E-state index in [2.05, 4.69) is 10.6 Å². The highest BCUT2D eigenvalue weighted by atomic mass is 127. The molecule has 52 valence electrons. The summed E-state index contributed by atoms with van der Waals surface area (Å²) in [5, 5.41) is 5.63. The fourth-order valence-electron chi connectivity index (χ4n) is 0.0917. The first kappa shape index (κ1) is 9.65. The largest absolute Gasteiger partial charge is 0.259 e. The molecule has 0 rings (SSSR count). The third-order valence-electron chi connectivity index (χ3n) is 0.565. The Kier molecular flexibility index (Phi) is 5.38. The van der Waals surface area contributed by atoms with Crippen molar-refractivity contribution in [2.45, 2.75) is 0 Å². The summed E-state index contributed by atoms with van der Waals surface area (Å²) in [6.07, 6.45) is 0. The van der Waals surface area contributed by atoms with Gasteiger partial charge in [-0.25, -0.2) is 4.72 Å². The van der Waals surface area contributed by atoms with Crippen LogP contribution in [0.4, 0.5) is 0 Å². The van der Waals surface area contributed by atoms with Gasteiger partial charge in [-0.1, -0.05) is 0 Å². The summed E-state index contributed by atoms with van der Waals surface area (Å²) in [6, 6.07) is 0. The van der Waals surface area contributed by atoms with E-state index in [0.717, 1.165) is 0 Å². The Morgan fingerprint density at radius 3 is 1.75 bits per heavy atom. The van der Waals surface area contributed by atoms with Crippen LogP contribution >= 0.6 is 56.5 Å². The minimum absolute atomic E-state index is 1.43. The van der Waals surface area contributed by atoms with Gasteiger partial charge in [0.25, 0.3) is 0 Å². The van der Waals surface area contributed by atoms with Crippen molar-refractivity contribution in [2.75, 3.05) is 7.05 Å². The molecule has 0 amide bonds. The van der Waals surface area contributed by atoms with Crippen molar-refractivity contribution in [3.8, 4) is 0 Å². The lowest BCUT2D eigenvalue weighted by Gasteiger charge is -2.30. The van der Waals surface area contributed by atoms with Gasteiger partial charge in [-0.05, 0) is 17.8 Å². The highest BCUT2D eigenvalue weighted by Gasteiger charge is 2.09. The quantitative estimate of drug-likeness (QED) is 0.437. The standard InChI is InChI=1S/CH8I2N4S/c1-5-8(4,6-2)7-3/h5-7H,4H2,1H3. The number of nitrogens with two attached hydrogens (primary N) is 1. The van der Waals surface area contributed by atoms with Crippen LogP contribution in [0, 0.1) is 0 Å². The molecule has 0 aliphatic rings. The molecule has 0 atom stereocenters. The lowest BCUT2D eigenvalue weighted by Crippen LogP contribution is -2.38. The average molecular weight is 362 g/mol. The summed E-state index contributed by atoms with van der Waals surface area (Å²) >= 11 is 4.00. The van der Waals surface area contributed by atoms with Crippen LogP contribution in [0.5, 0.6) is 0 Å². The Labute approximate surface area is 78.6 Å². The van der Waals surface area contributed by atoms with Crippen molar-refractivity contribution >= 4 is 56.5 Å². The average Bonchev–Trinajstić information content (AvgIpc) is 1.87. The SMILES string of the molecule is CNS(N)(NI)NI. The second-order valence-corrected chi connectivity index (χ2v) is 5.70. The lowest BCUT2D eigenvalue weighted by molar-refractivity contribution is 1.21. The zero-order valence-corrected chi connectivity index (χ0v) is 9.37. The second kappa shape index (κ2) is 4.46. The van der Waals surface area contributed by atoms with Crippen molar-refractivity contribution < 1.29 is 0 Å². The highest BCUT2D eigenvalue weighted by molar-refractivity contribution is 14.1.